The standard InChI is InChI=1S/C15H14BrNO3S/c16-13-3-1-8-17-14(13)21-10-2-9-20-12-6-4-11(5-7-12)15(18)19/h1,3-8H,2,9-10H2,(H,18,19). The molecule has 2 rings (SSSR count). The van der Waals surface area contributed by atoms with Gasteiger partial charge in [0.2, 0.25) is 0 Å². The Hall–Kier alpha value is -1.53. The van der Waals surface area contributed by atoms with E-state index in [1.807, 2.05) is 12.1 Å². The lowest BCUT2D eigenvalue weighted by Gasteiger charge is -2.06. The predicted octanol–water partition coefficient (Wildman–Crippen LogP) is 4.10. The van der Waals surface area contributed by atoms with E-state index in [-0.39, 0.29) is 5.56 Å². The number of hydrogen-bond acceptors (Lipinski definition) is 4. The lowest BCUT2D eigenvalue weighted by molar-refractivity contribution is 0.0697. The molecule has 0 atom stereocenters. The number of nitrogens with zero attached hydrogens (tertiary/aromatic N) is 1. The number of benzene rings is 1. The highest BCUT2D eigenvalue weighted by molar-refractivity contribution is 9.10. The minimum atomic E-state index is -0.932. The van der Waals surface area contributed by atoms with Gasteiger partial charge in [0.1, 0.15) is 10.8 Å². The maximum absolute atomic E-state index is 10.7. The number of carbonyl (C=O) groups is 1. The van der Waals surface area contributed by atoms with Gasteiger partial charge >= 0.3 is 5.97 Å². The molecule has 0 spiro atoms. The molecule has 1 aromatic heterocycles. The first-order valence-electron chi connectivity index (χ1n) is 6.36. The van der Waals surface area contributed by atoms with Crippen molar-refractivity contribution in [3.05, 3.63) is 52.6 Å². The van der Waals surface area contributed by atoms with Crippen LogP contribution in [0.4, 0.5) is 0 Å². The molecule has 21 heavy (non-hydrogen) atoms. The minimum Gasteiger partial charge on any atom is -0.494 e. The molecule has 0 aliphatic carbocycles. The first-order chi connectivity index (χ1) is 10.2. The molecule has 110 valence electrons. The summed E-state index contributed by atoms with van der Waals surface area (Å²) in [5, 5.41) is 9.77. The summed E-state index contributed by atoms with van der Waals surface area (Å²) in [5.74, 6) is 0.658. The average Bonchev–Trinajstić information content (AvgIpc) is 2.49. The number of thioether (sulfide) groups is 1. The Morgan fingerprint density at radius 3 is 2.71 bits per heavy atom. The van der Waals surface area contributed by atoms with Crippen molar-refractivity contribution in [2.75, 3.05) is 12.4 Å². The number of ether oxygens (including phenoxy) is 1. The molecule has 0 saturated heterocycles. The summed E-state index contributed by atoms with van der Waals surface area (Å²) in [6.07, 6.45) is 2.65. The summed E-state index contributed by atoms with van der Waals surface area (Å²) in [7, 11) is 0. The van der Waals surface area contributed by atoms with E-state index < -0.39 is 5.97 Å². The van der Waals surface area contributed by atoms with Gasteiger partial charge in [0.05, 0.1) is 12.2 Å². The normalized spacial score (nSPS) is 10.3. The van der Waals surface area contributed by atoms with Crippen molar-refractivity contribution in [3.63, 3.8) is 0 Å². The van der Waals surface area contributed by atoms with Crippen molar-refractivity contribution in [2.45, 2.75) is 11.4 Å². The summed E-state index contributed by atoms with van der Waals surface area (Å²) < 4.78 is 6.57. The maximum atomic E-state index is 10.7. The van der Waals surface area contributed by atoms with Gasteiger partial charge in [-0.1, -0.05) is 0 Å². The number of carboxylic acids is 1. The Labute approximate surface area is 135 Å². The van der Waals surface area contributed by atoms with Crippen molar-refractivity contribution < 1.29 is 14.6 Å². The Morgan fingerprint density at radius 1 is 1.29 bits per heavy atom. The van der Waals surface area contributed by atoms with Crippen LogP contribution in [0, 0.1) is 0 Å². The van der Waals surface area contributed by atoms with E-state index in [2.05, 4.69) is 20.9 Å². The van der Waals surface area contributed by atoms with Crippen molar-refractivity contribution in [1.29, 1.82) is 0 Å². The van der Waals surface area contributed by atoms with Crippen LogP contribution in [0.25, 0.3) is 0 Å². The van der Waals surface area contributed by atoms with Crippen molar-refractivity contribution in [1.82, 2.24) is 4.98 Å². The molecule has 0 amide bonds. The Kier molecular flexibility index (Phi) is 6.07. The van der Waals surface area contributed by atoms with Crippen LogP contribution in [0.15, 0.2) is 52.1 Å². The first kappa shape index (κ1) is 15.9. The van der Waals surface area contributed by atoms with Crippen molar-refractivity contribution >= 4 is 33.7 Å². The lowest BCUT2D eigenvalue weighted by Crippen LogP contribution is -2.00. The van der Waals surface area contributed by atoms with Gasteiger partial charge in [0, 0.05) is 16.4 Å². The lowest BCUT2D eigenvalue weighted by atomic mass is 10.2. The van der Waals surface area contributed by atoms with Crippen molar-refractivity contribution in [2.24, 2.45) is 0 Å². The molecule has 1 heterocycles. The second-order valence-electron chi connectivity index (χ2n) is 4.17. The van der Waals surface area contributed by atoms with Gasteiger partial charge in [0.15, 0.2) is 0 Å². The van der Waals surface area contributed by atoms with Gasteiger partial charge in [-0.05, 0) is 58.7 Å². The second-order valence-corrected chi connectivity index (χ2v) is 6.11. The third-order valence-electron chi connectivity index (χ3n) is 2.62. The van der Waals surface area contributed by atoms with Crippen LogP contribution in [0.3, 0.4) is 0 Å². The molecule has 0 saturated carbocycles. The zero-order valence-corrected chi connectivity index (χ0v) is 13.6. The minimum absolute atomic E-state index is 0.262. The average molecular weight is 368 g/mol. The SMILES string of the molecule is O=C(O)c1ccc(OCCCSc2ncccc2Br)cc1. The topological polar surface area (TPSA) is 59.4 Å². The molecule has 0 fully saturated rings. The zero-order valence-electron chi connectivity index (χ0n) is 11.2. The van der Waals surface area contributed by atoms with Gasteiger partial charge in [-0.2, -0.15) is 0 Å². The molecular weight excluding hydrogens is 354 g/mol. The molecule has 1 N–H and O–H groups in total. The van der Waals surface area contributed by atoms with Crippen LogP contribution in [-0.2, 0) is 0 Å². The number of pyridine rings is 1. The van der Waals surface area contributed by atoms with E-state index in [9.17, 15) is 4.79 Å². The first-order valence-corrected chi connectivity index (χ1v) is 8.14. The second kappa shape index (κ2) is 8.05. The van der Waals surface area contributed by atoms with E-state index in [0.29, 0.717) is 12.4 Å². The maximum Gasteiger partial charge on any atom is 0.335 e. The van der Waals surface area contributed by atoms with Crippen LogP contribution in [-0.4, -0.2) is 28.4 Å². The number of halogens is 1. The van der Waals surface area contributed by atoms with Gasteiger partial charge in [-0.3, -0.25) is 0 Å². The molecule has 1 aromatic carbocycles. The highest BCUT2D eigenvalue weighted by atomic mass is 79.9. The van der Waals surface area contributed by atoms with Crippen LogP contribution >= 0.6 is 27.7 Å². The number of aromatic nitrogens is 1. The van der Waals surface area contributed by atoms with E-state index in [1.54, 1.807) is 30.1 Å². The highest BCUT2D eigenvalue weighted by Crippen LogP contribution is 2.25. The monoisotopic (exact) mass is 367 g/mol. The van der Waals surface area contributed by atoms with Gasteiger partial charge in [0.25, 0.3) is 0 Å². The Morgan fingerprint density at radius 2 is 2.05 bits per heavy atom. The largest absolute Gasteiger partial charge is 0.494 e. The third kappa shape index (κ3) is 5.06. The fraction of sp³-hybridized carbons (Fsp3) is 0.200. The van der Waals surface area contributed by atoms with Gasteiger partial charge < -0.3 is 9.84 Å². The third-order valence-corrected chi connectivity index (χ3v) is 4.62. The number of rotatable bonds is 7. The molecule has 0 aliphatic rings. The zero-order chi connectivity index (χ0) is 15.1. The van der Waals surface area contributed by atoms with Crippen LogP contribution < -0.4 is 4.74 Å². The van der Waals surface area contributed by atoms with E-state index in [0.717, 1.165) is 21.7 Å². The van der Waals surface area contributed by atoms with Crippen molar-refractivity contribution in [3.8, 4) is 5.75 Å². The smallest absolute Gasteiger partial charge is 0.335 e. The molecule has 4 nitrogen and oxygen atoms in total. The summed E-state index contributed by atoms with van der Waals surface area (Å²) in [5.41, 5.74) is 0.262. The summed E-state index contributed by atoms with van der Waals surface area (Å²) in [4.78, 5) is 15.0. The fourth-order valence-corrected chi connectivity index (χ4v) is 2.98. The number of aromatic carboxylic acids is 1. The number of carboxylic acid groups (broad SMARTS) is 1. The van der Waals surface area contributed by atoms with E-state index in [1.165, 1.54) is 12.1 Å². The quantitative estimate of drug-likeness (QED) is 0.589. The van der Waals surface area contributed by atoms with E-state index >= 15 is 0 Å². The molecule has 0 bridgehead atoms. The summed E-state index contributed by atoms with van der Waals surface area (Å²) in [6, 6.07) is 10.3. The Bertz CT molecular complexity index is 604. The Balaban J connectivity index is 1.70. The highest BCUT2D eigenvalue weighted by Gasteiger charge is 2.03. The van der Waals surface area contributed by atoms with Crippen LogP contribution in [0.5, 0.6) is 5.75 Å². The summed E-state index contributed by atoms with van der Waals surface area (Å²) in [6.45, 7) is 0.587. The molecule has 0 radical (unpaired) electrons. The van der Waals surface area contributed by atoms with E-state index in [4.69, 9.17) is 9.84 Å². The fourth-order valence-electron chi connectivity index (χ4n) is 1.59. The molecular formula is C15H14BrNO3S. The summed E-state index contributed by atoms with van der Waals surface area (Å²) >= 11 is 5.13. The molecule has 0 aliphatic heterocycles. The van der Waals surface area contributed by atoms with Crippen LogP contribution in [0.2, 0.25) is 0 Å². The van der Waals surface area contributed by atoms with Gasteiger partial charge in [-0.25, -0.2) is 9.78 Å². The molecule has 2 aromatic rings. The molecule has 0 unspecified atom stereocenters. The van der Waals surface area contributed by atoms with Gasteiger partial charge in [-0.15, -0.1) is 11.8 Å². The predicted molar refractivity (Wildman–Crippen MR) is 86.2 cm³/mol. The molecule has 6 heteroatoms. The number of hydrogen-bond donors (Lipinski definition) is 1. The van der Waals surface area contributed by atoms with Crippen LogP contribution in [0.1, 0.15) is 16.8 Å².